The molecule has 2 fully saturated rings. The second-order valence-electron chi connectivity index (χ2n) is 6.69. The molecule has 2 nitrogen and oxygen atoms in total. The summed E-state index contributed by atoms with van der Waals surface area (Å²) in [5, 5.41) is 0. The number of hydrogen-bond acceptors (Lipinski definition) is 2. The monoisotopic (exact) mass is 336 g/mol. The first kappa shape index (κ1) is 14.4. The van der Waals surface area contributed by atoms with Crippen molar-refractivity contribution in [3.8, 4) is 0 Å². The molecule has 0 amide bonds. The van der Waals surface area contributed by atoms with Gasteiger partial charge in [-0.3, -0.25) is 4.90 Å². The fraction of sp³-hybridized carbons (Fsp3) is 0.647. The molecule has 3 rings (SSSR count). The van der Waals surface area contributed by atoms with E-state index >= 15 is 0 Å². The molecular weight excluding hydrogens is 312 g/mol. The molecule has 1 heterocycles. The highest BCUT2D eigenvalue weighted by Crippen LogP contribution is 2.44. The van der Waals surface area contributed by atoms with Gasteiger partial charge in [0.15, 0.2) is 0 Å². The van der Waals surface area contributed by atoms with Crippen LogP contribution in [0.5, 0.6) is 0 Å². The normalized spacial score (nSPS) is 23.1. The summed E-state index contributed by atoms with van der Waals surface area (Å²) in [5.41, 5.74) is 8.71. The number of nitrogen functional groups attached to an aromatic ring is 1. The molecule has 0 radical (unpaired) electrons. The Labute approximate surface area is 130 Å². The van der Waals surface area contributed by atoms with Gasteiger partial charge in [0.1, 0.15) is 0 Å². The van der Waals surface area contributed by atoms with E-state index in [9.17, 15) is 0 Å². The van der Waals surface area contributed by atoms with Crippen LogP contribution in [-0.4, -0.2) is 18.0 Å². The lowest BCUT2D eigenvalue weighted by Crippen LogP contribution is -2.40. The third-order valence-corrected chi connectivity index (χ3v) is 6.04. The molecule has 0 aromatic heterocycles. The summed E-state index contributed by atoms with van der Waals surface area (Å²) in [6.45, 7) is 3.57. The van der Waals surface area contributed by atoms with Gasteiger partial charge in [-0.2, -0.15) is 0 Å². The van der Waals surface area contributed by atoms with E-state index in [1.807, 2.05) is 12.1 Å². The van der Waals surface area contributed by atoms with Gasteiger partial charge in [-0.05, 0) is 61.9 Å². The number of nitrogens with zero attached hydrogens (tertiary/aromatic N) is 1. The Morgan fingerprint density at radius 3 is 2.40 bits per heavy atom. The van der Waals surface area contributed by atoms with Gasteiger partial charge in [-0.1, -0.05) is 41.3 Å². The molecule has 1 saturated heterocycles. The lowest BCUT2D eigenvalue weighted by atomic mass is 9.68. The summed E-state index contributed by atoms with van der Waals surface area (Å²) in [7, 11) is 0. The fourth-order valence-electron chi connectivity index (χ4n) is 3.92. The van der Waals surface area contributed by atoms with Crippen LogP contribution in [0.15, 0.2) is 22.7 Å². The lowest BCUT2D eigenvalue weighted by molar-refractivity contribution is 0.0640. The first-order chi connectivity index (χ1) is 9.67. The molecule has 1 aromatic rings. The molecule has 1 spiro atoms. The molecule has 3 heteroatoms. The van der Waals surface area contributed by atoms with Crippen molar-refractivity contribution in [2.75, 3.05) is 18.8 Å². The highest BCUT2D eigenvalue weighted by Gasteiger charge is 2.35. The van der Waals surface area contributed by atoms with Gasteiger partial charge < -0.3 is 5.73 Å². The molecule has 1 saturated carbocycles. The maximum atomic E-state index is 5.81. The van der Waals surface area contributed by atoms with Gasteiger partial charge in [0.25, 0.3) is 0 Å². The summed E-state index contributed by atoms with van der Waals surface area (Å²) >= 11 is 3.64. The maximum Gasteiger partial charge on any atom is 0.0325 e. The molecule has 20 heavy (non-hydrogen) atoms. The Bertz CT molecular complexity index is 456. The third kappa shape index (κ3) is 3.20. The number of rotatable bonds is 2. The number of anilines is 1. The predicted octanol–water partition coefficient (Wildman–Crippen LogP) is 4.58. The van der Waals surface area contributed by atoms with Gasteiger partial charge in [0.2, 0.25) is 0 Å². The number of likely N-dealkylation sites (tertiary alicyclic amines) is 1. The Hall–Kier alpha value is -0.540. The molecule has 1 aliphatic carbocycles. The van der Waals surface area contributed by atoms with Crippen LogP contribution >= 0.6 is 15.9 Å². The lowest BCUT2D eigenvalue weighted by Gasteiger charge is -2.44. The van der Waals surface area contributed by atoms with Crippen molar-refractivity contribution in [3.05, 3.63) is 28.2 Å². The van der Waals surface area contributed by atoms with Crippen LogP contribution in [0, 0.1) is 5.41 Å². The SMILES string of the molecule is Nc1ccc(CN2CCC3(CCCCC3)CC2)c(Br)c1. The number of benzene rings is 1. The van der Waals surface area contributed by atoms with Crippen molar-refractivity contribution >= 4 is 21.6 Å². The van der Waals surface area contributed by atoms with E-state index in [1.54, 1.807) is 0 Å². The Kier molecular flexibility index (Phi) is 4.37. The number of nitrogens with two attached hydrogens (primary N) is 1. The average Bonchev–Trinajstić information content (AvgIpc) is 2.45. The highest BCUT2D eigenvalue weighted by atomic mass is 79.9. The molecule has 0 atom stereocenters. The second kappa shape index (κ2) is 6.07. The Morgan fingerprint density at radius 1 is 1.05 bits per heavy atom. The first-order valence-electron chi connectivity index (χ1n) is 7.93. The van der Waals surface area contributed by atoms with E-state index in [2.05, 4.69) is 26.9 Å². The molecule has 110 valence electrons. The average molecular weight is 337 g/mol. The van der Waals surface area contributed by atoms with Gasteiger partial charge in [-0.25, -0.2) is 0 Å². The molecule has 0 bridgehead atoms. The molecule has 2 aliphatic rings. The predicted molar refractivity (Wildman–Crippen MR) is 88.6 cm³/mol. The zero-order valence-corrected chi connectivity index (χ0v) is 13.8. The smallest absolute Gasteiger partial charge is 0.0325 e. The van der Waals surface area contributed by atoms with E-state index in [4.69, 9.17) is 5.73 Å². The molecule has 1 aromatic carbocycles. The third-order valence-electron chi connectivity index (χ3n) is 5.30. The number of piperidine rings is 1. The summed E-state index contributed by atoms with van der Waals surface area (Å²) in [5.74, 6) is 0. The quantitative estimate of drug-likeness (QED) is 0.801. The summed E-state index contributed by atoms with van der Waals surface area (Å²) < 4.78 is 1.15. The van der Waals surface area contributed by atoms with Crippen LogP contribution in [0.1, 0.15) is 50.5 Å². The zero-order valence-electron chi connectivity index (χ0n) is 12.2. The van der Waals surface area contributed by atoms with Crippen molar-refractivity contribution in [3.63, 3.8) is 0 Å². The van der Waals surface area contributed by atoms with Crippen molar-refractivity contribution in [1.82, 2.24) is 4.90 Å². The first-order valence-corrected chi connectivity index (χ1v) is 8.73. The number of halogens is 1. The van der Waals surface area contributed by atoms with Crippen LogP contribution < -0.4 is 5.73 Å². The summed E-state index contributed by atoms with van der Waals surface area (Å²) in [6, 6.07) is 6.18. The zero-order chi connectivity index (χ0) is 14.0. The van der Waals surface area contributed by atoms with Gasteiger partial charge >= 0.3 is 0 Å². The summed E-state index contributed by atoms with van der Waals surface area (Å²) in [4.78, 5) is 2.61. The highest BCUT2D eigenvalue weighted by molar-refractivity contribution is 9.10. The summed E-state index contributed by atoms with van der Waals surface area (Å²) in [6.07, 6.45) is 10.1. The largest absolute Gasteiger partial charge is 0.399 e. The maximum absolute atomic E-state index is 5.81. The Balaban J connectivity index is 1.58. The second-order valence-corrected chi connectivity index (χ2v) is 7.54. The van der Waals surface area contributed by atoms with Gasteiger partial charge in [0.05, 0.1) is 0 Å². The minimum absolute atomic E-state index is 0.701. The molecular formula is C17H25BrN2. The van der Waals surface area contributed by atoms with Crippen molar-refractivity contribution in [1.29, 1.82) is 0 Å². The van der Waals surface area contributed by atoms with Crippen LogP contribution in [0.4, 0.5) is 5.69 Å². The van der Waals surface area contributed by atoms with E-state index in [-0.39, 0.29) is 0 Å². The Morgan fingerprint density at radius 2 is 1.75 bits per heavy atom. The van der Waals surface area contributed by atoms with E-state index < -0.39 is 0 Å². The minimum atomic E-state index is 0.701. The van der Waals surface area contributed by atoms with Gasteiger partial charge in [-0.15, -0.1) is 0 Å². The van der Waals surface area contributed by atoms with E-state index in [1.165, 1.54) is 63.6 Å². The fourth-order valence-corrected chi connectivity index (χ4v) is 4.44. The number of hydrogen-bond donors (Lipinski definition) is 1. The molecule has 1 aliphatic heterocycles. The van der Waals surface area contributed by atoms with Crippen LogP contribution in [0.25, 0.3) is 0 Å². The minimum Gasteiger partial charge on any atom is -0.399 e. The van der Waals surface area contributed by atoms with Crippen LogP contribution in [-0.2, 0) is 6.54 Å². The van der Waals surface area contributed by atoms with Crippen LogP contribution in [0.2, 0.25) is 0 Å². The topological polar surface area (TPSA) is 29.3 Å². The van der Waals surface area contributed by atoms with E-state index in [0.29, 0.717) is 5.41 Å². The standard InChI is InChI=1S/C17H25BrN2/c18-16-12-15(19)5-4-14(16)13-20-10-8-17(9-11-20)6-2-1-3-7-17/h4-5,12H,1-3,6-11,13,19H2. The van der Waals surface area contributed by atoms with E-state index in [0.717, 1.165) is 16.7 Å². The molecule has 2 N–H and O–H groups in total. The van der Waals surface area contributed by atoms with Crippen molar-refractivity contribution < 1.29 is 0 Å². The van der Waals surface area contributed by atoms with Crippen molar-refractivity contribution in [2.45, 2.75) is 51.5 Å². The van der Waals surface area contributed by atoms with Crippen LogP contribution in [0.3, 0.4) is 0 Å². The van der Waals surface area contributed by atoms with Crippen molar-refractivity contribution in [2.24, 2.45) is 5.41 Å². The van der Waals surface area contributed by atoms with Gasteiger partial charge in [0, 0.05) is 16.7 Å². The molecule has 0 unspecified atom stereocenters.